The van der Waals surface area contributed by atoms with Crippen LogP contribution in [0, 0.1) is 0 Å². The monoisotopic (exact) mass is 397 g/mol. The quantitative estimate of drug-likeness (QED) is 0.484. The molecule has 0 spiro atoms. The van der Waals surface area contributed by atoms with Crippen molar-refractivity contribution in [2.45, 2.75) is 12.8 Å². The third-order valence-electron chi connectivity index (χ3n) is 5.15. The molecule has 3 aromatic rings. The van der Waals surface area contributed by atoms with Crippen LogP contribution in [0.1, 0.15) is 23.2 Å². The van der Waals surface area contributed by atoms with E-state index in [1.54, 1.807) is 36.4 Å². The van der Waals surface area contributed by atoms with Gasteiger partial charge >= 0.3 is 5.97 Å². The smallest absolute Gasteiger partial charge is 0.343 e. The lowest BCUT2D eigenvalue weighted by Crippen LogP contribution is -2.36. The average Bonchev–Trinajstić information content (AvgIpc) is 2.74. The summed E-state index contributed by atoms with van der Waals surface area (Å²) in [4.78, 5) is 27.0. The van der Waals surface area contributed by atoms with Crippen LogP contribution in [-0.4, -0.2) is 55.4 Å². The fourth-order valence-corrected chi connectivity index (χ4v) is 3.61. The van der Waals surface area contributed by atoms with Gasteiger partial charge in [-0.05, 0) is 43.7 Å². The van der Waals surface area contributed by atoms with Crippen LogP contribution in [-0.2, 0) is 4.74 Å². The van der Waals surface area contributed by atoms with E-state index in [1.165, 1.54) is 0 Å². The second-order valence-electron chi connectivity index (χ2n) is 7.06. The van der Waals surface area contributed by atoms with Crippen molar-refractivity contribution in [3.63, 3.8) is 0 Å². The number of hydrogen-bond donors (Lipinski definition) is 1. The Balaban J connectivity index is 1.53. The van der Waals surface area contributed by atoms with E-state index >= 15 is 0 Å². The van der Waals surface area contributed by atoms with Crippen LogP contribution >= 0.6 is 0 Å². The molecule has 4 rings (SSSR count). The van der Waals surface area contributed by atoms with Gasteiger partial charge in [-0.2, -0.15) is 0 Å². The summed E-state index contributed by atoms with van der Waals surface area (Å²) in [5.74, 6) is -0.966. The summed E-state index contributed by atoms with van der Waals surface area (Å²) in [7, 11) is 0. The van der Waals surface area contributed by atoms with Gasteiger partial charge in [0.25, 0.3) is 0 Å². The molecule has 1 fully saturated rings. The third kappa shape index (κ3) is 4.11. The largest absolute Gasteiger partial charge is 0.493 e. The van der Waals surface area contributed by atoms with Crippen molar-refractivity contribution in [2.75, 3.05) is 39.5 Å². The maximum atomic E-state index is 12.7. The minimum atomic E-state index is -1.18. The number of aromatic carboxylic acids is 1. The fraction of sp³-hybridized carbons (Fsp3) is 0.364. The molecule has 1 N–H and O–H groups in total. The molecular weight excluding hydrogens is 374 g/mol. The molecule has 2 heterocycles. The van der Waals surface area contributed by atoms with Crippen molar-refractivity contribution in [2.24, 2.45) is 0 Å². The number of ether oxygens (including phenoxy) is 2. The predicted molar refractivity (Wildman–Crippen MR) is 109 cm³/mol. The van der Waals surface area contributed by atoms with Crippen molar-refractivity contribution in [3.05, 3.63) is 52.2 Å². The molecule has 7 nitrogen and oxygen atoms in total. The molecule has 0 bridgehead atoms. The Morgan fingerprint density at radius 2 is 1.86 bits per heavy atom. The van der Waals surface area contributed by atoms with E-state index in [-0.39, 0.29) is 27.7 Å². The number of nitrogens with zero attached hydrogens (tertiary/aromatic N) is 1. The first-order valence-corrected chi connectivity index (χ1v) is 9.80. The van der Waals surface area contributed by atoms with Crippen LogP contribution in [0.4, 0.5) is 0 Å². The van der Waals surface area contributed by atoms with Crippen molar-refractivity contribution in [1.29, 1.82) is 0 Å². The molecule has 1 saturated heterocycles. The van der Waals surface area contributed by atoms with Crippen LogP contribution in [0.25, 0.3) is 21.9 Å². The molecule has 2 aromatic carbocycles. The van der Waals surface area contributed by atoms with Gasteiger partial charge in [0, 0.05) is 13.1 Å². The van der Waals surface area contributed by atoms with Crippen LogP contribution < -0.4 is 10.2 Å². The minimum Gasteiger partial charge on any atom is -0.493 e. The van der Waals surface area contributed by atoms with Gasteiger partial charge in [-0.25, -0.2) is 4.79 Å². The van der Waals surface area contributed by atoms with E-state index in [2.05, 4.69) is 4.90 Å². The van der Waals surface area contributed by atoms with Gasteiger partial charge in [0.05, 0.1) is 30.6 Å². The average molecular weight is 397 g/mol. The Morgan fingerprint density at radius 3 is 2.66 bits per heavy atom. The number of carboxylic acids is 1. The molecule has 0 unspecified atom stereocenters. The van der Waals surface area contributed by atoms with E-state index in [1.807, 2.05) is 0 Å². The highest BCUT2D eigenvalue weighted by molar-refractivity contribution is 6.05. The van der Waals surface area contributed by atoms with E-state index in [4.69, 9.17) is 13.9 Å². The molecule has 1 aliphatic rings. The zero-order chi connectivity index (χ0) is 20.2. The van der Waals surface area contributed by atoms with E-state index < -0.39 is 5.97 Å². The highest BCUT2D eigenvalue weighted by Crippen LogP contribution is 2.29. The zero-order valence-corrected chi connectivity index (χ0v) is 16.1. The predicted octanol–water partition coefficient (Wildman–Crippen LogP) is 3.14. The summed E-state index contributed by atoms with van der Waals surface area (Å²) in [5, 5.41) is 10.4. The lowest BCUT2D eigenvalue weighted by Gasteiger charge is -2.26. The lowest BCUT2D eigenvalue weighted by molar-refractivity contribution is 0.0368. The number of carboxylic acid groups (broad SMARTS) is 1. The summed E-state index contributed by atoms with van der Waals surface area (Å²) in [6.45, 7) is 4.80. The topological polar surface area (TPSA) is 89.2 Å². The van der Waals surface area contributed by atoms with Crippen LogP contribution in [0.15, 0.2) is 45.6 Å². The number of rotatable bonds is 7. The molecule has 0 aliphatic carbocycles. The number of hydrogen-bond acceptors (Lipinski definition) is 6. The van der Waals surface area contributed by atoms with E-state index in [0.717, 1.165) is 45.7 Å². The molecule has 0 radical (unpaired) electrons. The van der Waals surface area contributed by atoms with E-state index in [9.17, 15) is 14.7 Å². The minimum absolute atomic E-state index is 0.0482. The van der Waals surface area contributed by atoms with Crippen LogP contribution in [0.2, 0.25) is 0 Å². The molecule has 152 valence electrons. The Kier molecular flexibility index (Phi) is 5.78. The maximum Gasteiger partial charge on any atom is 0.343 e. The van der Waals surface area contributed by atoms with Gasteiger partial charge in [-0.1, -0.05) is 12.1 Å². The number of para-hydroxylation sites is 1. The fourth-order valence-electron chi connectivity index (χ4n) is 3.61. The first kappa shape index (κ1) is 19.4. The number of benzene rings is 2. The first-order chi connectivity index (χ1) is 14.1. The normalized spacial score (nSPS) is 15.0. The Morgan fingerprint density at radius 1 is 1.07 bits per heavy atom. The molecule has 0 amide bonds. The Labute approximate surface area is 167 Å². The molecule has 0 saturated carbocycles. The van der Waals surface area contributed by atoms with Gasteiger partial charge in [0.2, 0.25) is 5.43 Å². The molecule has 0 atom stereocenters. The van der Waals surface area contributed by atoms with Crippen molar-refractivity contribution < 1.29 is 23.8 Å². The van der Waals surface area contributed by atoms with Gasteiger partial charge in [0.15, 0.2) is 5.58 Å². The standard InChI is InChI=1S/C22H23NO6/c24-20-15-5-1-2-6-17(15)29-21-16(20)7-8-18(19(21)22(25)26)28-12-4-3-9-23-10-13-27-14-11-23/h1-2,5-8H,3-4,9-14H2,(H,25,26). The number of carbonyl (C=O) groups is 1. The second kappa shape index (κ2) is 8.63. The van der Waals surface area contributed by atoms with Gasteiger partial charge in [-0.3, -0.25) is 9.69 Å². The molecule has 1 aliphatic heterocycles. The number of morpholine rings is 1. The zero-order valence-electron chi connectivity index (χ0n) is 16.1. The maximum absolute atomic E-state index is 12.7. The summed E-state index contributed by atoms with van der Waals surface area (Å²) >= 11 is 0. The summed E-state index contributed by atoms with van der Waals surface area (Å²) < 4.78 is 16.9. The molecule has 1 aromatic heterocycles. The van der Waals surface area contributed by atoms with Gasteiger partial charge < -0.3 is 19.0 Å². The summed E-state index contributed by atoms with van der Waals surface area (Å²) in [6.07, 6.45) is 1.76. The molecule has 29 heavy (non-hydrogen) atoms. The summed E-state index contributed by atoms with van der Waals surface area (Å²) in [6, 6.07) is 9.92. The van der Waals surface area contributed by atoms with Gasteiger partial charge in [-0.15, -0.1) is 0 Å². The SMILES string of the molecule is O=C(O)c1c(OCCCCN2CCOCC2)ccc2c(=O)c3ccccc3oc12. The number of unbranched alkanes of at least 4 members (excludes halogenated alkanes) is 1. The lowest BCUT2D eigenvalue weighted by atomic mass is 10.1. The van der Waals surface area contributed by atoms with Crippen LogP contribution in [0.5, 0.6) is 5.75 Å². The van der Waals surface area contributed by atoms with Gasteiger partial charge in [0.1, 0.15) is 16.9 Å². The number of fused-ring (bicyclic) bond motifs is 2. The van der Waals surface area contributed by atoms with Crippen molar-refractivity contribution in [3.8, 4) is 5.75 Å². The van der Waals surface area contributed by atoms with Crippen molar-refractivity contribution in [1.82, 2.24) is 4.90 Å². The van der Waals surface area contributed by atoms with Crippen LogP contribution in [0.3, 0.4) is 0 Å². The molecular formula is C22H23NO6. The Hall–Kier alpha value is -2.90. The molecule has 7 heteroatoms. The van der Waals surface area contributed by atoms with E-state index in [0.29, 0.717) is 17.6 Å². The first-order valence-electron chi connectivity index (χ1n) is 9.80. The Bertz CT molecular complexity index is 1080. The summed E-state index contributed by atoms with van der Waals surface area (Å²) in [5.41, 5.74) is 0.0436. The van der Waals surface area contributed by atoms with Crippen molar-refractivity contribution >= 4 is 27.9 Å². The second-order valence-corrected chi connectivity index (χ2v) is 7.06. The highest BCUT2D eigenvalue weighted by Gasteiger charge is 2.21. The third-order valence-corrected chi connectivity index (χ3v) is 5.15. The highest BCUT2D eigenvalue weighted by atomic mass is 16.5.